The van der Waals surface area contributed by atoms with Crippen LogP contribution in [0.2, 0.25) is 5.02 Å². The van der Waals surface area contributed by atoms with E-state index in [4.69, 9.17) is 21.1 Å². The summed E-state index contributed by atoms with van der Waals surface area (Å²) in [5, 5.41) is 4.46. The molecule has 0 atom stereocenters. The second-order valence-electron chi connectivity index (χ2n) is 10.9. The minimum Gasteiger partial charge on any atom is -0.491 e. The van der Waals surface area contributed by atoms with Crippen molar-refractivity contribution < 1.29 is 18.7 Å². The number of fused-ring (bicyclic) bond motifs is 2. The lowest BCUT2D eigenvalue weighted by Gasteiger charge is -2.31. The SMILES string of the molecule is CN1CCN(CC=CC(=O)N2CCCOc3cc4ncnc(Nc5ccc(OCc6cccc(F)c6)c(Cl)c5)c4cc32)CC1. The second-order valence-corrected chi connectivity index (χ2v) is 11.4. The minimum absolute atomic E-state index is 0.0859. The van der Waals surface area contributed by atoms with Gasteiger partial charge in [-0.25, -0.2) is 14.4 Å². The summed E-state index contributed by atoms with van der Waals surface area (Å²) >= 11 is 6.53. The molecule has 3 aromatic carbocycles. The standard InChI is InChI=1S/C33H34ClFN6O3/c1-39-12-14-40(15-13-39)10-3-7-32(42)41-11-4-16-43-31-20-28-26(19-29(31)41)33(37-22-36-28)38-25-8-9-30(27(34)18-25)44-21-23-5-2-6-24(35)17-23/h2-3,5-9,17-20,22H,4,10-16,21H2,1H3,(H,36,37,38). The molecule has 0 radical (unpaired) electrons. The van der Waals surface area contributed by atoms with Gasteiger partial charge in [0.1, 0.15) is 36.1 Å². The molecule has 1 N–H and O–H groups in total. The molecule has 2 aliphatic heterocycles. The van der Waals surface area contributed by atoms with E-state index in [0.717, 1.165) is 38.1 Å². The minimum atomic E-state index is -0.317. The fourth-order valence-electron chi connectivity index (χ4n) is 5.30. The van der Waals surface area contributed by atoms with Crippen LogP contribution >= 0.6 is 11.6 Å². The average molecular weight is 617 g/mol. The van der Waals surface area contributed by atoms with Crippen LogP contribution in [0.4, 0.5) is 21.6 Å². The molecule has 1 saturated heterocycles. The number of likely N-dealkylation sites (N-methyl/N-ethyl adjacent to an activating group) is 1. The molecule has 1 fully saturated rings. The summed E-state index contributed by atoms with van der Waals surface area (Å²) in [5.74, 6) is 1.25. The Bertz CT molecular complexity index is 1680. The Morgan fingerprint density at radius 1 is 1.09 bits per heavy atom. The van der Waals surface area contributed by atoms with Crippen LogP contribution in [0.25, 0.3) is 10.9 Å². The molecule has 44 heavy (non-hydrogen) atoms. The van der Waals surface area contributed by atoms with Gasteiger partial charge in [0.25, 0.3) is 5.91 Å². The number of hydrogen-bond donors (Lipinski definition) is 1. The summed E-state index contributed by atoms with van der Waals surface area (Å²) < 4.78 is 25.4. The van der Waals surface area contributed by atoms with Crippen LogP contribution < -0.4 is 19.7 Å². The van der Waals surface area contributed by atoms with Gasteiger partial charge in [0.15, 0.2) is 0 Å². The van der Waals surface area contributed by atoms with Gasteiger partial charge in [-0.2, -0.15) is 0 Å². The topological polar surface area (TPSA) is 83.1 Å². The van der Waals surface area contributed by atoms with Crippen LogP contribution in [0.15, 0.2) is 73.1 Å². The van der Waals surface area contributed by atoms with E-state index in [-0.39, 0.29) is 18.3 Å². The van der Waals surface area contributed by atoms with Crippen LogP contribution in [-0.4, -0.2) is 78.6 Å². The smallest absolute Gasteiger partial charge is 0.250 e. The number of amides is 1. The molecule has 3 heterocycles. The van der Waals surface area contributed by atoms with E-state index in [1.807, 2.05) is 24.3 Å². The molecule has 0 aliphatic carbocycles. The molecule has 1 aromatic heterocycles. The highest BCUT2D eigenvalue weighted by Gasteiger charge is 2.23. The van der Waals surface area contributed by atoms with E-state index >= 15 is 0 Å². The number of rotatable bonds is 8. The van der Waals surface area contributed by atoms with E-state index in [1.54, 1.807) is 35.2 Å². The second kappa shape index (κ2) is 13.6. The Hall–Kier alpha value is -4.25. The van der Waals surface area contributed by atoms with Crippen molar-refractivity contribution in [2.75, 3.05) is 63.1 Å². The number of aromatic nitrogens is 2. The first-order valence-corrected chi connectivity index (χ1v) is 15.0. The van der Waals surface area contributed by atoms with Gasteiger partial charge >= 0.3 is 0 Å². The maximum absolute atomic E-state index is 13.5. The third-order valence-corrected chi connectivity index (χ3v) is 8.05. The summed E-state index contributed by atoms with van der Waals surface area (Å²) in [6.45, 7) is 6.03. The molecule has 2 aliphatic rings. The molecule has 11 heteroatoms. The Morgan fingerprint density at radius 2 is 1.95 bits per heavy atom. The average Bonchev–Trinajstić information content (AvgIpc) is 3.23. The number of carbonyl (C=O) groups excluding carboxylic acids is 1. The molecule has 0 spiro atoms. The Balaban J connectivity index is 1.20. The lowest BCUT2D eigenvalue weighted by molar-refractivity contribution is -0.114. The number of hydrogen-bond acceptors (Lipinski definition) is 8. The van der Waals surface area contributed by atoms with Gasteiger partial charge in [0.05, 0.1) is 22.8 Å². The summed E-state index contributed by atoms with van der Waals surface area (Å²) in [5.41, 5.74) is 2.76. The number of anilines is 3. The van der Waals surface area contributed by atoms with Crippen molar-refractivity contribution in [2.24, 2.45) is 0 Å². The molecule has 6 rings (SSSR count). The highest BCUT2D eigenvalue weighted by atomic mass is 35.5. The van der Waals surface area contributed by atoms with Crippen molar-refractivity contribution in [1.82, 2.24) is 19.8 Å². The lowest BCUT2D eigenvalue weighted by Crippen LogP contribution is -2.44. The van der Waals surface area contributed by atoms with E-state index in [0.29, 0.717) is 64.4 Å². The van der Waals surface area contributed by atoms with Gasteiger partial charge in [-0.15, -0.1) is 0 Å². The molecule has 1 amide bonds. The van der Waals surface area contributed by atoms with Gasteiger partial charge in [-0.3, -0.25) is 9.69 Å². The van der Waals surface area contributed by atoms with Crippen molar-refractivity contribution in [3.63, 3.8) is 0 Å². The first-order chi connectivity index (χ1) is 21.4. The summed E-state index contributed by atoms with van der Waals surface area (Å²) in [6.07, 6.45) is 5.81. The fraction of sp³-hybridized carbons (Fsp3) is 0.303. The lowest BCUT2D eigenvalue weighted by atomic mass is 10.1. The van der Waals surface area contributed by atoms with E-state index in [2.05, 4.69) is 32.1 Å². The quantitative estimate of drug-likeness (QED) is 0.254. The first-order valence-electron chi connectivity index (χ1n) is 14.7. The van der Waals surface area contributed by atoms with Crippen LogP contribution in [0.5, 0.6) is 11.5 Å². The molecular weight excluding hydrogens is 583 g/mol. The van der Waals surface area contributed by atoms with Gasteiger partial charge < -0.3 is 24.6 Å². The highest BCUT2D eigenvalue weighted by molar-refractivity contribution is 6.32. The van der Waals surface area contributed by atoms with Crippen molar-refractivity contribution in [2.45, 2.75) is 13.0 Å². The van der Waals surface area contributed by atoms with Crippen molar-refractivity contribution in [1.29, 1.82) is 0 Å². The summed E-state index contributed by atoms with van der Waals surface area (Å²) in [6, 6.07) is 15.3. The molecule has 0 saturated carbocycles. The van der Waals surface area contributed by atoms with Gasteiger partial charge in [0, 0.05) is 62.5 Å². The van der Waals surface area contributed by atoms with Crippen LogP contribution in [0, 0.1) is 5.82 Å². The third-order valence-electron chi connectivity index (χ3n) is 7.75. The summed E-state index contributed by atoms with van der Waals surface area (Å²) in [4.78, 5) is 28.8. The van der Waals surface area contributed by atoms with Crippen LogP contribution in [0.3, 0.4) is 0 Å². The number of ether oxygens (including phenoxy) is 2. The Kier molecular flexibility index (Phi) is 9.20. The van der Waals surface area contributed by atoms with Gasteiger partial charge in [-0.1, -0.05) is 29.8 Å². The number of benzene rings is 3. The maximum atomic E-state index is 13.5. The fourth-order valence-corrected chi connectivity index (χ4v) is 5.53. The van der Waals surface area contributed by atoms with Crippen LogP contribution in [-0.2, 0) is 11.4 Å². The number of piperazine rings is 1. The molecular formula is C33H34ClFN6O3. The molecule has 4 aromatic rings. The zero-order valence-electron chi connectivity index (χ0n) is 24.5. The number of carbonyl (C=O) groups is 1. The van der Waals surface area contributed by atoms with Crippen molar-refractivity contribution >= 4 is 45.6 Å². The number of halogens is 2. The Morgan fingerprint density at radius 3 is 2.77 bits per heavy atom. The summed E-state index contributed by atoms with van der Waals surface area (Å²) in [7, 11) is 2.13. The zero-order chi connectivity index (χ0) is 30.5. The zero-order valence-corrected chi connectivity index (χ0v) is 25.3. The Labute approximate surface area is 260 Å². The molecule has 9 nitrogen and oxygen atoms in total. The number of nitrogens with zero attached hydrogens (tertiary/aromatic N) is 5. The molecule has 228 valence electrons. The number of nitrogens with one attached hydrogen (secondary N) is 1. The van der Waals surface area contributed by atoms with Crippen LogP contribution in [0.1, 0.15) is 12.0 Å². The third kappa shape index (κ3) is 7.10. The van der Waals surface area contributed by atoms with E-state index < -0.39 is 0 Å². The van der Waals surface area contributed by atoms with Gasteiger partial charge in [0.2, 0.25) is 0 Å². The predicted octanol–water partition coefficient (Wildman–Crippen LogP) is 5.66. The van der Waals surface area contributed by atoms with Crippen molar-refractivity contribution in [3.8, 4) is 11.5 Å². The largest absolute Gasteiger partial charge is 0.491 e. The normalized spacial score (nSPS) is 16.0. The first kappa shape index (κ1) is 29.8. The van der Waals surface area contributed by atoms with E-state index in [1.165, 1.54) is 18.5 Å². The van der Waals surface area contributed by atoms with Crippen molar-refractivity contribution in [3.05, 3.63) is 89.5 Å². The van der Waals surface area contributed by atoms with Gasteiger partial charge in [-0.05, 0) is 55.4 Å². The predicted molar refractivity (Wildman–Crippen MR) is 171 cm³/mol. The monoisotopic (exact) mass is 616 g/mol. The maximum Gasteiger partial charge on any atom is 0.250 e. The highest BCUT2D eigenvalue weighted by Crippen LogP contribution is 2.38. The molecule has 0 unspecified atom stereocenters. The van der Waals surface area contributed by atoms with E-state index in [9.17, 15) is 9.18 Å². The molecule has 0 bridgehead atoms.